The third-order valence-corrected chi connectivity index (χ3v) is 6.58. The summed E-state index contributed by atoms with van der Waals surface area (Å²) >= 11 is 0. The minimum absolute atomic E-state index is 0.0534. The molecule has 2 aliphatic rings. The van der Waals surface area contributed by atoms with E-state index in [1.54, 1.807) is 24.1 Å². The van der Waals surface area contributed by atoms with Gasteiger partial charge in [-0.2, -0.15) is 0 Å². The lowest BCUT2D eigenvalue weighted by Crippen LogP contribution is -2.58. The van der Waals surface area contributed by atoms with E-state index in [0.29, 0.717) is 30.8 Å². The van der Waals surface area contributed by atoms with Crippen molar-refractivity contribution in [2.45, 2.75) is 50.0 Å². The summed E-state index contributed by atoms with van der Waals surface area (Å²) in [6.07, 6.45) is 0.849. The minimum Gasteiger partial charge on any atom is -0.495 e. The topological polar surface area (TPSA) is 109 Å². The van der Waals surface area contributed by atoms with Gasteiger partial charge in [0.05, 0.1) is 57.2 Å². The van der Waals surface area contributed by atoms with E-state index in [4.69, 9.17) is 14.2 Å². The maximum absolute atomic E-state index is 13.3. The van der Waals surface area contributed by atoms with Gasteiger partial charge in [0.2, 0.25) is 5.91 Å². The Hall–Kier alpha value is -3.14. The van der Waals surface area contributed by atoms with Gasteiger partial charge in [-0.05, 0) is 37.0 Å². The Morgan fingerprint density at radius 2 is 1.86 bits per heavy atom. The van der Waals surface area contributed by atoms with Gasteiger partial charge in [0.15, 0.2) is 0 Å². The second-order valence-corrected chi connectivity index (χ2v) is 9.20. The molecule has 4 atom stereocenters. The zero-order valence-electron chi connectivity index (χ0n) is 20.6. The number of β-amino-alcohol motifs (C(OH)–C–C–N with tert-alkyl or cyclic N) is 1. The van der Waals surface area contributed by atoms with Crippen molar-refractivity contribution in [3.8, 4) is 5.75 Å². The Morgan fingerprint density at radius 3 is 2.67 bits per heavy atom. The van der Waals surface area contributed by atoms with E-state index in [0.717, 1.165) is 6.42 Å². The molecule has 3 N–H and O–H groups in total. The van der Waals surface area contributed by atoms with Crippen LogP contribution in [0.3, 0.4) is 0 Å². The first-order valence-electron chi connectivity index (χ1n) is 12.5. The van der Waals surface area contributed by atoms with Crippen LogP contribution in [-0.2, 0) is 20.7 Å². The fraction of sp³-hybridized carbons (Fsp3) is 0.481. The molecule has 9 heteroatoms. The Kier molecular flexibility index (Phi) is 9.16. The number of carbonyl (C=O) groups is 2. The van der Waals surface area contributed by atoms with Gasteiger partial charge < -0.3 is 34.9 Å². The van der Waals surface area contributed by atoms with E-state index in [1.165, 1.54) is 5.56 Å². The molecule has 2 heterocycles. The van der Waals surface area contributed by atoms with Crippen LogP contribution in [0.4, 0.5) is 10.5 Å². The number of hydrogen-bond donors (Lipinski definition) is 3. The lowest BCUT2D eigenvalue weighted by atomic mass is 9.95. The number of anilines is 1. The average Bonchev–Trinajstić information content (AvgIpc) is 2.87. The molecule has 0 spiro atoms. The predicted octanol–water partition coefficient (Wildman–Crippen LogP) is 2.59. The Labute approximate surface area is 211 Å². The molecule has 2 fully saturated rings. The fourth-order valence-electron chi connectivity index (χ4n) is 4.78. The monoisotopic (exact) mass is 497 g/mol. The highest BCUT2D eigenvalue weighted by Gasteiger charge is 2.40. The summed E-state index contributed by atoms with van der Waals surface area (Å²) in [5.74, 6) is 0.499. The predicted molar refractivity (Wildman–Crippen MR) is 135 cm³/mol. The molecular weight excluding hydrogens is 462 g/mol. The van der Waals surface area contributed by atoms with Crippen molar-refractivity contribution < 1.29 is 28.9 Å². The zero-order chi connectivity index (χ0) is 25.3. The van der Waals surface area contributed by atoms with Crippen LogP contribution in [0.25, 0.3) is 0 Å². The van der Waals surface area contributed by atoms with E-state index in [9.17, 15) is 14.7 Å². The molecule has 2 aromatic rings. The molecule has 0 bridgehead atoms. The number of aliphatic hydroxyl groups is 1. The maximum atomic E-state index is 13.3. The molecule has 0 unspecified atom stereocenters. The van der Waals surface area contributed by atoms with Crippen molar-refractivity contribution in [1.82, 2.24) is 10.2 Å². The minimum atomic E-state index is -0.803. The lowest BCUT2D eigenvalue weighted by Gasteiger charge is -2.44. The second-order valence-electron chi connectivity index (χ2n) is 9.20. The number of nitrogens with zero attached hydrogens (tertiary/aromatic N) is 1. The van der Waals surface area contributed by atoms with Crippen LogP contribution in [-0.4, -0.2) is 79.7 Å². The highest BCUT2D eigenvalue weighted by Crippen LogP contribution is 2.29. The number of methoxy groups -OCH3 is 1. The summed E-state index contributed by atoms with van der Waals surface area (Å²) in [5, 5.41) is 16.2. The number of carbonyl (C=O) groups excluding carboxylic acids is 2. The largest absolute Gasteiger partial charge is 0.495 e. The van der Waals surface area contributed by atoms with Crippen molar-refractivity contribution in [2.24, 2.45) is 0 Å². The van der Waals surface area contributed by atoms with Gasteiger partial charge in [-0.1, -0.05) is 42.5 Å². The van der Waals surface area contributed by atoms with Crippen molar-refractivity contribution in [1.29, 1.82) is 0 Å². The van der Waals surface area contributed by atoms with Gasteiger partial charge >= 0.3 is 6.03 Å². The number of benzene rings is 2. The number of amides is 3. The van der Waals surface area contributed by atoms with E-state index in [-0.39, 0.29) is 50.3 Å². The van der Waals surface area contributed by atoms with E-state index < -0.39 is 12.2 Å². The Morgan fingerprint density at radius 1 is 1.08 bits per heavy atom. The molecule has 9 nitrogen and oxygen atoms in total. The van der Waals surface area contributed by atoms with Crippen molar-refractivity contribution in [2.75, 3.05) is 38.7 Å². The molecule has 194 valence electrons. The van der Waals surface area contributed by atoms with Crippen LogP contribution in [0.5, 0.6) is 5.75 Å². The lowest BCUT2D eigenvalue weighted by molar-refractivity contribution is -0.149. The number of nitrogens with one attached hydrogen (secondary N) is 2. The molecule has 0 aliphatic carbocycles. The average molecular weight is 498 g/mol. The Balaban J connectivity index is 1.34. The van der Waals surface area contributed by atoms with E-state index >= 15 is 0 Å². The SMILES string of the molecule is COc1ccccc1NC(=O)N1C[C@@H](O)COC[C@H]2O[C@H](CC(=O)NCCc3ccccc3)CC[C@@H]21. The van der Waals surface area contributed by atoms with Crippen LogP contribution in [0.15, 0.2) is 54.6 Å². The van der Waals surface area contributed by atoms with Gasteiger partial charge in [0.1, 0.15) is 11.9 Å². The van der Waals surface area contributed by atoms with Crippen LogP contribution in [0.1, 0.15) is 24.8 Å². The van der Waals surface area contributed by atoms with Crippen LogP contribution in [0, 0.1) is 0 Å². The highest BCUT2D eigenvalue weighted by atomic mass is 16.5. The first-order chi connectivity index (χ1) is 17.5. The summed E-state index contributed by atoms with van der Waals surface area (Å²) in [5.41, 5.74) is 1.73. The molecular formula is C27H35N3O6. The molecule has 36 heavy (non-hydrogen) atoms. The number of urea groups is 1. The first kappa shape index (κ1) is 25.9. The number of para-hydroxylation sites is 2. The van der Waals surface area contributed by atoms with Crippen LogP contribution < -0.4 is 15.4 Å². The third-order valence-electron chi connectivity index (χ3n) is 6.58. The van der Waals surface area contributed by atoms with Gasteiger partial charge in [0, 0.05) is 6.54 Å². The number of fused-ring (bicyclic) bond motifs is 1. The van der Waals surface area contributed by atoms with E-state index in [1.807, 2.05) is 42.5 Å². The zero-order valence-corrected chi connectivity index (χ0v) is 20.6. The molecule has 2 saturated heterocycles. The summed E-state index contributed by atoms with van der Waals surface area (Å²) in [6.45, 7) is 1.04. The summed E-state index contributed by atoms with van der Waals surface area (Å²) in [4.78, 5) is 27.4. The van der Waals surface area contributed by atoms with Crippen LogP contribution >= 0.6 is 0 Å². The van der Waals surface area contributed by atoms with Crippen LogP contribution in [0.2, 0.25) is 0 Å². The molecule has 2 aliphatic heterocycles. The van der Waals surface area contributed by atoms with Gasteiger partial charge in [-0.3, -0.25) is 4.79 Å². The summed E-state index contributed by atoms with van der Waals surface area (Å²) in [7, 11) is 1.55. The van der Waals surface area contributed by atoms with Gasteiger partial charge in [-0.25, -0.2) is 4.79 Å². The van der Waals surface area contributed by atoms with E-state index in [2.05, 4.69) is 10.6 Å². The quantitative estimate of drug-likeness (QED) is 0.543. The van der Waals surface area contributed by atoms with Crippen molar-refractivity contribution in [3.05, 3.63) is 60.2 Å². The number of rotatable bonds is 7. The molecule has 4 rings (SSSR count). The van der Waals surface area contributed by atoms with Gasteiger partial charge in [-0.15, -0.1) is 0 Å². The highest BCUT2D eigenvalue weighted by molar-refractivity contribution is 5.91. The number of hydrogen-bond acceptors (Lipinski definition) is 6. The number of ether oxygens (including phenoxy) is 3. The van der Waals surface area contributed by atoms with Gasteiger partial charge in [0.25, 0.3) is 0 Å². The van der Waals surface area contributed by atoms with Crippen molar-refractivity contribution >= 4 is 17.6 Å². The van der Waals surface area contributed by atoms with Crippen molar-refractivity contribution in [3.63, 3.8) is 0 Å². The summed E-state index contributed by atoms with van der Waals surface area (Å²) < 4.78 is 17.3. The molecule has 0 radical (unpaired) electrons. The standard InChI is InChI=1S/C27H35N3O6/c1-34-24-10-6-5-9-22(24)29-27(33)30-16-20(31)17-35-18-25-23(30)12-11-21(36-25)15-26(32)28-14-13-19-7-3-2-4-8-19/h2-10,20-21,23,25,31H,11-18H2,1H3,(H,28,32)(H,29,33)/t20-,21+,23+,25-/m1/s1. The maximum Gasteiger partial charge on any atom is 0.322 e. The smallest absolute Gasteiger partial charge is 0.322 e. The molecule has 0 saturated carbocycles. The number of aliphatic hydroxyl groups excluding tert-OH is 1. The first-order valence-corrected chi connectivity index (χ1v) is 12.5. The third kappa shape index (κ3) is 6.96. The molecule has 2 aromatic carbocycles. The Bertz CT molecular complexity index is 1000. The molecule has 0 aromatic heterocycles. The fourth-order valence-corrected chi connectivity index (χ4v) is 4.78. The summed E-state index contributed by atoms with van der Waals surface area (Å²) in [6, 6.07) is 16.6. The second kappa shape index (κ2) is 12.7. The molecule has 3 amide bonds. The normalized spacial score (nSPS) is 24.1.